The molecule has 0 fully saturated rings. The van der Waals surface area contributed by atoms with Gasteiger partial charge in [-0.2, -0.15) is 5.10 Å². The van der Waals surface area contributed by atoms with Gasteiger partial charge in [0.15, 0.2) is 9.84 Å². The standard InChI is InChI=1S/C24H25FN4O5S/c1-29(2)23(30)7-8-35(32,33)22-11-15(18-12-26-27-13-18)3-5-20(22)28-24(31)17-9-16-10-19(25)4-6-21(16)34-14-17/h3-6,10-13,17H,7-9,14H2,1-2H3,(H,26,27)(H,28,31). The number of nitrogens with one attached hydrogen (secondary N) is 2. The van der Waals surface area contributed by atoms with Crippen LogP contribution in [0.5, 0.6) is 5.75 Å². The van der Waals surface area contributed by atoms with Gasteiger partial charge in [-0.3, -0.25) is 14.7 Å². The summed E-state index contributed by atoms with van der Waals surface area (Å²) in [6, 6.07) is 8.78. The third-order valence-corrected chi connectivity index (χ3v) is 7.54. The van der Waals surface area contributed by atoms with Gasteiger partial charge in [0.25, 0.3) is 0 Å². The Morgan fingerprint density at radius 1 is 1.20 bits per heavy atom. The van der Waals surface area contributed by atoms with Crippen molar-refractivity contribution in [1.29, 1.82) is 0 Å². The minimum Gasteiger partial charge on any atom is -0.492 e. The first-order chi connectivity index (χ1) is 16.6. The maximum absolute atomic E-state index is 13.6. The molecule has 0 bridgehead atoms. The number of hydrogen-bond acceptors (Lipinski definition) is 6. The number of rotatable bonds is 7. The van der Waals surface area contributed by atoms with Crippen LogP contribution in [0.25, 0.3) is 11.1 Å². The zero-order chi connectivity index (χ0) is 25.2. The summed E-state index contributed by atoms with van der Waals surface area (Å²) in [4.78, 5) is 26.3. The van der Waals surface area contributed by atoms with E-state index in [0.29, 0.717) is 22.4 Å². The second-order valence-corrected chi connectivity index (χ2v) is 10.6. The highest BCUT2D eigenvalue weighted by atomic mass is 32.2. The number of hydrogen-bond donors (Lipinski definition) is 2. The Morgan fingerprint density at radius 3 is 2.71 bits per heavy atom. The molecule has 11 heteroatoms. The third kappa shape index (κ3) is 5.51. The molecule has 0 aliphatic carbocycles. The average Bonchev–Trinajstić information content (AvgIpc) is 3.37. The molecule has 1 aromatic heterocycles. The highest BCUT2D eigenvalue weighted by Crippen LogP contribution is 2.32. The van der Waals surface area contributed by atoms with Crippen molar-refractivity contribution in [2.75, 3.05) is 31.8 Å². The Hall–Kier alpha value is -3.73. The number of sulfone groups is 1. The van der Waals surface area contributed by atoms with Crippen LogP contribution in [0.4, 0.5) is 10.1 Å². The highest BCUT2D eigenvalue weighted by Gasteiger charge is 2.29. The van der Waals surface area contributed by atoms with Crippen molar-refractivity contribution in [2.45, 2.75) is 17.7 Å². The number of aromatic amines is 1. The van der Waals surface area contributed by atoms with Crippen molar-refractivity contribution in [1.82, 2.24) is 15.1 Å². The number of ether oxygens (including phenoxy) is 1. The van der Waals surface area contributed by atoms with E-state index in [1.165, 1.54) is 35.2 Å². The molecule has 1 atom stereocenters. The lowest BCUT2D eigenvalue weighted by atomic mass is 9.96. The summed E-state index contributed by atoms with van der Waals surface area (Å²) < 4.78 is 45.7. The quantitative estimate of drug-likeness (QED) is 0.515. The van der Waals surface area contributed by atoms with Gasteiger partial charge in [0.2, 0.25) is 11.8 Å². The van der Waals surface area contributed by atoms with Crippen molar-refractivity contribution in [3.8, 4) is 16.9 Å². The number of fused-ring (bicyclic) bond motifs is 1. The Labute approximate surface area is 202 Å². The fourth-order valence-electron chi connectivity index (χ4n) is 3.79. The number of amides is 2. The maximum atomic E-state index is 13.6. The first kappa shape index (κ1) is 24.4. The average molecular weight is 501 g/mol. The van der Waals surface area contributed by atoms with Crippen LogP contribution in [0.2, 0.25) is 0 Å². The highest BCUT2D eigenvalue weighted by molar-refractivity contribution is 7.91. The lowest BCUT2D eigenvalue weighted by Gasteiger charge is -2.25. The van der Waals surface area contributed by atoms with E-state index in [1.807, 2.05) is 0 Å². The molecular formula is C24H25FN4O5S. The Kier molecular flexibility index (Phi) is 6.88. The van der Waals surface area contributed by atoms with Crippen LogP contribution in [-0.2, 0) is 25.8 Å². The molecule has 2 N–H and O–H groups in total. The minimum absolute atomic E-state index is 0.0803. The van der Waals surface area contributed by atoms with Gasteiger partial charge in [0.05, 0.1) is 28.5 Å². The molecule has 184 valence electrons. The Bertz CT molecular complexity index is 1360. The fraction of sp³-hybridized carbons (Fsp3) is 0.292. The predicted octanol–water partition coefficient (Wildman–Crippen LogP) is 2.66. The number of aromatic nitrogens is 2. The van der Waals surface area contributed by atoms with E-state index < -0.39 is 33.2 Å². The van der Waals surface area contributed by atoms with Gasteiger partial charge in [0, 0.05) is 32.3 Å². The van der Waals surface area contributed by atoms with E-state index in [2.05, 4.69) is 15.5 Å². The van der Waals surface area contributed by atoms with Crippen molar-refractivity contribution in [3.05, 3.63) is 60.2 Å². The van der Waals surface area contributed by atoms with Gasteiger partial charge < -0.3 is 15.0 Å². The molecule has 0 saturated heterocycles. The molecule has 35 heavy (non-hydrogen) atoms. The number of benzene rings is 2. The SMILES string of the molecule is CN(C)C(=O)CCS(=O)(=O)c1cc(-c2cn[nH]c2)ccc1NC(=O)C1COc2ccc(F)cc2C1. The fourth-order valence-corrected chi connectivity index (χ4v) is 5.22. The number of H-pyrrole nitrogens is 1. The number of carbonyl (C=O) groups is 2. The van der Waals surface area contributed by atoms with Gasteiger partial charge in [0.1, 0.15) is 18.2 Å². The molecule has 1 aliphatic heterocycles. The van der Waals surface area contributed by atoms with Crippen LogP contribution < -0.4 is 10.1 Å². The van der Waals surface area contributed by atoms with E-state index in [9.17, 15) is 22.4 Å². The number of halogens is 1. The summed E-state index contributed by atoms with van der Waals surface area (Å²) in [5, 5.41) is 9.28. The minimum atomic E-state index is -3.94. The van der Waals surface area contributed by atoms with Crippen molar-refractivity contribution in [2.24, 2.45) is 5.92 Å². The molecular weight excluding hydrogens is 475 g/mol. The number of nitrogens with zero attached hydrogens (tertiary/aromatic N) is 2. The van der Waals surface area contributed by atoms with E-state index in [0.717, 1.165) is 0 Å². The molecule has 4 rings (SSSR count). The molecule has 1 unspecified atom stereocenters. The normalized spacial score (nSPS) is 15.1. The largest absolute Gasteiger partial charge is 0.492 e. The van der Waals surface area contributed by atoms with Crippen LogP contribution in [0.1, 0.15) is 12.0 Å². The molecule has 2 heterocycles. The topological polar surface area (TPSA) is 121 Å². The lowest BCUT2D eigenvalue weighted by molar-refractivity contribution is -0.128. The van der Waals surface area contributed by atoms with E-state index in [1.54, 1.807) is 32.6 Å². The monoisotopic (exact) mass is 500 g/mol. The maximum Gasteiger partial charge on any atom is 0.231 e. The second-order valence-electron chi connectivity index (χ2n) is 8.51. The molecule has 0 spiro atoms. The summed E-state index contributed by atoms with van der Waals surface area (Å²) >= 11 is 0. The van der Waals surface area contributed by atoms with Crippen molar-refractivity contribution >= 4 is 27.3 Å². The molecule has 2 amide bonds. The molecule has 1 aliphatic rings. The van der Waals surface area contributed by atoms with E-state index in [-0.39, 0.29) is 35.9 Å². The van der Waals surface area contributed by atoms with E-state index >= 15 is 0 Å². The summed E-state index contributed by atoms with van der Waals surface area (Å²) in [5.74, 6) is -1.73. The molecule has 2 aromatic carbocycles. The van der Waals surface area contributed by atoms with Crippen molar-refractivity contribution < 1.29 is 27.1 Å². The molecule has 9 nitrogen and oxygen atoms in total. The Balaban J connectivity index is 1.61. The molecule has 0 radical (unpaired) electrons. The zero-order valence-electron chi connectivity index (χ0n) is 19.2. The first-order valence-electron chi connectivity index (χ1n) is 10.9. The summed E-state index contributed by atoms with van der Waals surface area (Å²) in [5.41, 5.74) is 1.93. The van der Waals surface area contributed by atoms with Gasteiger partial charge in [-0.25, -0.2) is 12.8 Å². The number of carbonyl (C=O) groups excluding carboxylic acids is 2. The zero-order valence-corrected chi connectivity index (χ0v) is 20.1. The van der Waals surface area contributed by atoms with Crippen LogP contribution in [0.3, 0.4) is 0 Å². The first-order valence-corrected chi connectivity index (χ1v) is 12.6. The summed E-state index contributed by atoms with van der Waals surface area (Å²) in [7, 11) is -0.833. The van der Waals surface area contributed by atoms with Gasteiger partial charge >= 0.3 is 0 Å². The lowest BCUT2D eigenvalue weighted by Crippen LogP contribution is -2.33. The summed E-state index contributed by atoms with van der Waals surface area (Å²) in [6.07, 6.45) is 3.23. The van der Waals surface area contributed by atoms with Gasteiger partial charge in [-0.15, -0.1) is 0 Å². The third-order valence-electron chi connectivity index (χ3n) is 5.79. The van der Waals surface area contributed by atoms with Crippen LogP contribution in [-0.4, -0.2) is 61.8 Å². The summed E-state index contributed by atoms with van der Waals surface area (Å²) in [6.45, 7) is 0.0803. The second kappa shape index (κ2) is 9.87. The van der Waals surface area contributed by atoms with Crippen molar-refractivity contribution in [3.63, 3.8) is 0 Å². The van der Waals surface area contributed by atoms with Crippen LogP contribution in [0, 0.1) is 11.7 Å². The molecule has 3 aromatic rings. The van der Waals surface area contributed by atoms with Crippen LogP contribution in [0.15, 0.2) is 53.7 Å². The smallest absolute Gasteiger partial charge is 0.231 e. The Morgan fingerprint density at radius 2 is 2.00 bits per heavy atom. The van der Waals surface area contributed by atoms with E-state index in [4.69, 9.17) is 4.74 Å². The van der Waals surface area contributed by atoms with Gasteiger partial charge in [-0.05, 0) is 47.9 Å². The van der Waals surface area contributed by atoms with Gasteiger partial charge in [-0.1, -0.05) is 6.07 Å². The predicted molar refractivity (Wildman–Crippen MR) is 127 cm³/mol. The van der Waals surface area contributed by atoms with Crippen LogP contribution >= 0.6 is 0 Å². The number of anilines is 1. The molecule has 0 saturated carbocycles.